The van der Waals surface area contributed by atoms with E-state index in [1.54, 1.807) is 12.1 Å². The van der Waals surface area contributed by atoms with Crippen molar-refractivity contribution in [3.8, 4) is 0 Å². The molecule has 1 unspecified atom stereocenters. The molecule has 0 fully saturated rings. The normalized spacial score (nSPS) is 13.4. The Labute approximate surface area is 141 Å². The second-order valence-electron chi connectivity index (χ2n) is 4.71. The molecule has 2 amide bonds. The lowest BCUT2D eigenvalue weighted by molar-refractivity contribution is -0.143. The molecule has 0 aliphatic rings. The number of nitrogens with one attached hydrogen (secondary N) is 2. The monoisotopic (exact) mass is 396 g/mol. The number of carboxylic acid groups (broad SMARTS) is 1. The van der Waals surface area contributed by atoms with Gasteiger partial charge < -0.3 is 15.7 Å². The fourth-order valence-corrected chi connectivity index (χ4v) is 3.08. The molecule has 0 saturated carbocycles. The van der Waals surface area contributed by atoms with Crippen molar-refractivity contribution < 1.29 is 14.7 Å². The summed E-state index contributed by atoms with van der Waals surface area (Å²) in [6.45, 7) is 3.28. The SMILES string of the molecule is CCCC(C)(NC(=O)Nc1c(Cl)cc(Br)cc1Cl)C(=O)O. The van der Waals surface area contributed by atoms with Crippen molar-refractivity contribution in [1.29, 1.82) is 0 Å². The number of carbonyl (C=O) groups is 2. The average molecular weight is 398 g/mol. The zero-order chi connectivity index (χ0) is 16.2. The van der Waals surface area contributed by atoms with E-state index >= 15 is 0 Å². The van der Waals surface area contributed by atoms with E-state index in [4.69, 9.17) is 23.2 Å². The van der Waals surface area contributed by atoms with Gasteiger partial charge in [0.2, 0.25) is 0 Å². The van der Waals surface area contributed by atoms with Crippen LogP contribution in [0.1, 0.15) is 26.7 Å². The van der Waals surface area contributed by atoms with Crippen LogP contribution >= 0.6 is 39.1 Å². The summed E-state index contributed by atoms with van der Waals surface area (Å²) >= 11 is 15.2. The van der Waals surface area contributed by atoms with Crippen molar-refractivity contribution in [3.63, 3.8) is 0 Å². The van der Waals surface area contributed by atoms with Crippen molar-refractivity contribution in [3.05, 3.63) is 26.7 Å². The van der Waals surface area contributed by atoms with Gasteiger partial charge in [0.15, 0.2) is 0 Å². The second kappa shape index (κ2) is 7.33. The first-order valence-corrected chi connectivity index (χ1v) is 7.71. The van der Waals surface area contributed by atoms with Gasteiger partial charge in [0.05, 0.1) is 15.7 Å². The minimum Gasteiger partial charge on any atom is -0.480 e. The van der Waals surface area contributed by atoms with Gasteiger partial charge in [-0.1, -0.05) is 52.5 Å². The Bertz CT molecular complexity index is 545. The summed E-state index contributed by atoms with van der Waals surface area (Å²) in [5.74, 6) is -1.10. The minimum absolute atomic E-state index is 0.225. The molecule has 0 aliphatic carbocycles. The number of carbonyl (C=O) groups excluding carboxylic acids is 1. The van der Waals surface area contributed by atoms with Crippen LogP contribution < -0.4 is 10.6 Å². The number of rotatable bonds is 5. The molecule has 0 aromatic heterocycles. The Morgan fingerprint density at radius 3 is 2.29 bits per heavy atom. The summed E-state index contributed by atoms with van der Waals surface area (Å²) in [7, 11) is 0. The highest BCUT2D eigenvalue weighted by molar-refractivity contribution is 9.10. The van der Waals surface area contributed by atoms with Gasteiger partial charge in [-0.15, -0.1) is 0 Å². The first kappa shape index (κ1) is 18.1. The van der Waals surface area contributed by atoms with Gasteiger partial charge in [-0.25, -0.2) is 9.59 Å². The van der Waals surface area contributed by atoms with Crippen LogP contribution in [0.25, 0.3) is 0 Å². The molecule has 0 saturated heterocycles. The maximum atomic E-state index is 12.0. The summed E-state index contributed by atoms with van der Waals surface area (Å²) in [4.78, 5) is 23.3. The Morgan fingerprint density at radius 1 is 1.33 bits per heavy atom. The average Bonchev–Trinajstić information content (AvgIpc) is 2.33. The molecule has 8 heteroatoms. The fourth-order valence-electron chi connectivity index (χ4n) is 1.78. The zero-order valence-electron chi connectivity index (χ0n) is 11.5. The third-order valence-corrected chi connectivity index (χ3v) is 3.91. The molecule has 0 spiro atoms. The quantitative estimate of drug-likeness (QED) is 0.683. The van der Waals surface area contributed by atoms with E-state index in [0.29, 0.717) is 17.3 Å². The summed E-state index contributed by atoms with van der Waals surface area (Å²) in [6, 6.07) is 2.47. The maximum absolute atomic E-state index is 12.0. The standard InChI is InChI=1S/C13H15BrCl2N2O3/c1-3-4-13(2,11(19)20)18-12(21)17-10-8(15)5-7(14)6-9(10)16/h5-6H,3-4H2,1-2H3,(H,19,20)(H2,17,18,21). The Balaban J connectivity index is 2.89. The van der Waals surface area contributed by atoms with Crippen LogP contribution in [0.5, 0.6) is 0 Å². The fraction of sp³-hybridized carbons (Fsp3) is 0.385. The first-order chi connectivity index (χ1) is 9.69. The lowest BCUT2D eigenvalue weighted by Gasteiger charge is -2.26. The van der Waals surface area contributed by atoms with Gasteiger partial charge in [0, 0.05) is 4.47 Å². The first-order valence-electron chi connectivity index (χ1n) is 6.16. The van der Waals surface area contributed by atoms with Gasteiger partial charge in [0.25, 0.3) is 0 Å². The van der Waals surface area contributed by atoms with E-state index in [2.05, 4.69) is 26.6 Å². The number of urea groups is 1. The smallest absolute Gasteiger partial charge is 0.329 e. The zero-order valence-corrected chi connectivity index (χ0v) is 14.6. The van der Waals surface area contributed by atoms with Gasteiger partial charge in [-0.05, 0) is 25.5 Å². The van der Waals surface area contributed by atoms with Crippen LogP contribution in [0.3, 0.4) is 0 Å². The van der Waals surface area contributed by atoms with E-state index in [0.717, 1.165) is 0 Å². The van der Waals surface area contributed by atoms with Crippen LogP contribution in [0.4, 0.5) is 10.5 Å². The number of anilines is 1. The predicted octanol–water partition coefficient (Wildman–Crippen LogP) is 4.52. The highest BCUT2D eigenvalue weighted by Gasteiger charge is 2.34. The van der Waals surface area contributed by atoms with Gasteiger partial charge in [0.1, 0.15) is 5.54 Å². The summed E-state index contributed by atoms with van der Waals surface area (Å²) in [5, 5.41) is 14.6. The van der Waals surface area contributed by atoms with Crippen LogP contribution in [0.15, 0.2) is 16.6 Å². The number of amides is 2. The molecule has 0 radical (unpaired) electrons. The molecule has 1 aromatic carbocycles. The van der Waals surface area contributed by atoms with Crippen molar-refractivity contribution in [1.82, 2.24) is 5.32 Å². The second-order valence-corrected chi connectivity index (χ2v) is 6.44. The predicted molar refractivity (Wildman–Crippen MR) is 87.3 cm³/mol. The van der Waals surface area contributed by atoms with Crippen molar-refractivity contribution in [2.45, 2.75) is 32.2 Å². The summed E-state index contributed by atoms with van der Waals surface area (Å²) in [5.41, 5.74) is -1.13. The van der Waals surface area contributed by atoms with Crippen molar-refractivity contribution >= 4 is 56.8 Å². The number of hydrogen-bond acceptors (Lipinski definition) is 2. The van der Waals surface area contributed by atoms with Gasteiger partial charge in [-0.3, -0.25) is 0 Å². The molecule has 0 bridgehead atoms. The molecule has 5 nitrogen and oxygen atoms in total. The molecule has 0 heterocycles. The lowest BCUT2D eigenvalue weighted by atomic mass is 9.97. The molecular formula is C13H15BrCl2N2O3. The Kier molecular flexibility index (Phi) is 6.31. The lowest BCUT2D eigenvalue weighted by Crippen LogP contribution is -2.53. The van der Waals surface area contributed by atoms with Crippen LogP contribution in [0.2, 0.25) is 10.0 Å². The van der Waals surface area contributed by atoms with Crippen LogP contribution in [-0.2, 0) is 4.79 Å². The number of halogens is 3. The van der Waals surface area contributed by atoms with Crippen LogP contribution in [0, 0.1) is 0 Å². The Morgan fingerprint density at radius 2 is 1.86 bits per heavy atom. The number of carboxylic acids is 1. The summed E-state index contributed by atoms with van der Waals surface area (Å²) in [6.07, 6.45) is 0.917. The number of hydrogen-bond donors (Lipinski definition) is 3. The molecule has 116 valence electrons. The van der Waals surface area contributed by atoms with E-state index in [1.165, 1.54) is 6.92 Å². The van der Waals surface area contributed by atoms with Gasteiger partial charge in [-0.2, -0.15) is 0 Å². The van der Waals surface area contributed by atoms with Crippen molar-refractivity contribution in [2.75, 3.05) is 5.32 Å². The van der Waals surface area contributed by atoms with E-state index in [-0.39, 0.29) is 15.7 Å². The topological polar surface area (TPSA) is 78.4 Å². The molecule has 1 rings (SSSR count). The third-order valence-electron chi connectivity index (χ3n) is 2.86. The van der Waals surface area contributed by atoms with E-state index < -0.39 is 17.5 Å². The van der Waals surface area contributed by atoms with Crippen LogP contribution in [-0.4, -0.2) is 22.6 Å². The Hall–Kier alpha value is -0.980. The summed E-state index contributed by atoms with van der Waals surface area (Å²) < 4.78 is 0.671. The molecule has 21 heavy (non-hydrogen) atoms. The highest BCUT2D eigenvalue weighted by Crippen LogP contribution is 2.33. The molecule has 0 aliphatic heterocycles. The largest absolute Gasteiger partial charge is 0.480 e. The molecular weight excluding hydrogens is 383 g/mol. The minimum atomic E-state index is -1.35. The maximum Gasteiger partial charge on any atom is 0.329 e. The van der Waals surface area contributed by atoms with E-state index in [1.807, 2.05) is 6.92 Å². The highest BCUT2D eigenvalue weighted by atomic mass is 79.9. The van der Waals surface area contributed by atoms with E-state index in [9.17, 15) is 14.7 Å². The van der Waals surface area contributed by atoms with Crippen molar-refractivity contribution in [2.24, 2.45) is 0 Å². The molecule has 1 atom stereocenters. The molecule has 3 N–H and O–H groups in total. The van der Waals surface area contributed by atoms with Gasteiger partial charge >= 0.3 is 12.0 Å². The molecule has 1 aromatic rings. The third kappa shape index (κ3) is 4.76. The number of benzene rings is 1. The number of aliphatic carboxylic acids is 1.